The summed E-state index contributed by atoms with van der Waals surface area (Å²) in [6.07, 6.45) is 11.9. The van der Waals surface area contributed by atoms with Gasteiger partial charge in [-0.2, -0.15) is 74.8 Å². The molecule has 0 bridgehead atoms. The van der Waals surface area contributed by atoms with Crippen LogP contribution < -0.4 is 78.5 Å². The van der Waals surface area contributed by atoms with Crippen LogP contribution in [0.1, 0.15) is 237 Å². The van der Waals surface area contributed by atoms with Crippen molar-refractivity contribution >= 4 is 150 Å². The predicted octanol–water partition coefficient (Wildman–Crippen LogP) is 8.59. The van der Waals surface area contributed by atoms with Crippen LogP contribution in [0, 0.1) is 0 Å². The molecule has 5 aliphatic rings. The summed E-state index contributed by atoms with van der Waals surface area (Å²) in [6, 6.07) is -0.761. The van der Waals surface area contributed by atoms with Crippen LogP contribution in [0.15, 0.2) is 25.0 Å². The zero-order valence-corrected chi connectivity index (χ0v) is 82.4. The minimum Gasteiger partial charge on any atom is -0.462 e. The Balaban J connectivity index is 1.15. The molecular formula is C88H143N35O10. The van der Waals surface area contributed by atoms with Crippen LogP contribution in [-0.4, -0.2) is 307 Å². The molecule has 0 spiro atoms. The molecule has 0 saturated carbocycles. The Morgan fingerprint density at radius 3 is 0.639 bits per heavy atom. The van der Waals surface area contributed by atoms with Gasteiger partial charge >= 0.3 is 29.8 Å². The number of piperidine rings is 5. The number of ether oxygens (including phenoxy) is 5. The van der Waals surface area contributed by atoms with E-state index in [2.05, 4.69) is 227 Å². The third-order valence-corrected chi connectivity index (χ3v) is 22.0. The zero-order valence-electron chi connectivity index (χ0n) is 82.4. The summed E-state index contributed by atoms with van der Waals surface area (Å²) in [6.45, 7) is 52.1. The number of nitrogens with zero attached hydrogens (tertiary/aromatic N) is 23. The van der Waals surface area contributed by atoms with E-state index in [1.54, 1.807) is 34.6 Å². The lowest BCUT2D eigenvalue weighted by Crippen LogP contribution is -2.60. The number of aliphatic imine (C=N–C) groups is 5. The molecular weight excluding hydrogens is 1710 g/mol. The fourth-order valence-electron chi connectivity index (χ4n) is 19.5. The van der Waals surface area contributed by atoms with E-state index < -0.39 is 29.8 Å². The van der Waals surface area contributed by atoms with Gasteiger partial charge in [0.05, 0.1) is 33.0 Å². The van der Waals surface area contributed by atoms with E-state index in [1.807, 2.05) is 14.7 Å². The van der Waals surface area contributed by atoms with Crippen LogP contribution in [0.5, 0.6) is 0 Å². The molecule has 0 aliphatic carbocycles. The standard InChI is InChI=1S/C88H143N35O10/c1-26-129-59(124)49-91-66-101-64(103-71(105-66)96-54-39-79(6,7)116-80(8,9)40-54)89-31-33-121(76-110-68(93-51-61(126)131-28-3)107-73(113-76)98-56-43-83(14,15)118-84(16,17)44-56)35-37-123(78-112-70(95-53-63(128)133-30-5)109-75(115-78)100-58-47-87(22,23)120-88(24,25)48-58)38-36-122(77-111-69(94-52-62(127)132-29-4)108-74(114-77)99-57-45-85(18,19)119-86(20,21)46-57)34-32-90-65-102-67(92-50-60(125)130-27-2)106-72(104-65)97-55-41-81(10,11)117-82(12,13)42-55/h49-58,116-120H,26-48H2,1-25H3,(H,98,107,110,113)(H,99,108,111,114)(H,100,109,112,115)(H2,89,96,101,103,105)(H2,90,97,102,104,106)/b91-49+,92-50+,93-51+,94-52+,95-53+. The summed E-state index contributed by atoms with van der Waals surface area (Å²) in [7, 11) is 0. The molecule has 45 heteroatoms. The molecule has 0 unspecified atom stereocenters. The van der Waals surface area contributed by atoms with E-state index >= 15 is 0 Å². The first-order valence-corrected chi connectivity index (χ1v) is 46.2. The van der Waals surface area contributed by atoms with Gasteiger partial charge in [0, 0.05) is 138 Å². The SMILES string of the molecule is CCOC(=O)/C=N/c1nc(NCCN(CCN(CCN(CCNc2nc(/N=C/C(=O)OCC)nc(NC3CC(C)(C)NC(C)(C)C3)n2)c2nc(/N=C/C(=O)OCC)nc(NC3CC(C)(C)NC(C)(C)C3)n2)c2nc(/N=C/C(=O)OCC)nc(NC3CC(C)(C)NC(C)(C)C3)n2)c2nc(/N=C/C(=O)OCC)nc(NC3CC(C)(C)NC(C)(C)C3)n2)nc(NC2CC(C)(C)NC(C)(C)C2)n1. The molecule has 0 atom stereocenters. The molecule has 10 heterocycles. The van der Waals surface area contributed by atoms with Crippen molar-refractivity contribution in [2.24, 2.45) is 25.0 Å². The highest BCUT2D eigenvalue weighted by molar-refractivity contribution is 6.25. The second-order valence-electron chi connectivity index (χ2n) is 40.9. The molecule has 12 N–H and O–H groups in total. The number of carbonyl (C=O) groups is 5. The Morgan fingerprint density at radius 1 is 0.271 bits per heavy atom. The Morgan fingerprint density at radius 2 is 0.444 bits per heavy atom. The van der Waals surface area contributed by atoms with Crippen molar-refractivity contribution in [2.75, 3.05) is 137 Å². The van der Waals surface area contributed by atoms with Gasteiger partial charge in [-0.15, -0.1) is 0 Å². The van der Waals surface area contributed by atoms with Crippen molar-refractivity contribution in [1.29, 1.82) is 0 Å². The summed E-state index contributed by atoms with van der Waals surface area (Å²) < 4.78 is 26.5. The number of esters is 5. The molecule has 5 aliphatic heterocycles. The average Bonchev–Trinajstić information content (AvgIpc) is 0.810. The largest absolute Gasteiger partial charge is 0.462 e. The molecule has 5 aromatic heterocycles. The van der Waals surface area contributed by atoms with E-state index in [1.165, 1.54) is 0 Å². The number of aromatic nitrogens is 15. The van der Waals surface area contributed by atoms with E-state index in [9.17, 15) is 24.0 Å². The number of hydrogen-bond donors (Lipinski definition) is 12. The maximum Gasteiger partial charge on any atom is 0.349 e. The first kappa shape index (κ1) is 104. The molecule has 5 fully saturated rings. The van der Waals surface area contributed by atoms with Crippen molar-refractivity contribution in [1.82, 2.24) is 101 Å². The van der Waals surface area contributed by atoms with Crippen LogP contribution >= 0.6 is 0 Å². The number of rotatable bonds is 42. The number of anilines is 10. The number of carbonyl (C=O) groups excluding carboxylic acids is 5. The van der Waals surface area contributed by atoms with Crippen LogP contribution in [0.3, 0.4) is 0 Å². The highest BCUT2D eigenvalue weighted by Gasteiger charge is 2.44. The van der Waals surface area contributed by atoms with Crippen LogP contribution in [0.25, 0.3) is 0 Å². The summed E-state index contributed by atoms with van der Waals surface area (Å²) in [5, 5.41) is 43.7. The van der Waals surface area contributed by atoms with Crippen molar-refractivity contribution in [3.05, 3.63) is 0 Å². The van der Waals surface area contributed by atoms with E-state index in [4.69, 9.17) is 98.4 Å². The lowest BCUT2D eigenvalue weighted by Gasteiger charge is -2.46. The van der Waals surface area contributed by atoms with Crippen LogP contribution in [0.2, 0.25) is 0 Å². The summed E-state index contributed by atoms with van der Waals surface area (Å²) in [4.78, 5) is 168. The molecule has 10 rings (SSSR count). The third-order valence-electron chi connectivity index (χ3n) is 22.0. The van der Waals surface area contributed by atoms with Gasteiger partial charge in [-0.1, -0.05) is 0 Å². The maximum atomic E-state index is 13.4. The highest BCUT2D eigenvalue weighted by atomic mass is 16.5. The lowest BCUT2D eigenvalue weighted by atomic mass is 9.79. The average molecular weight is 1850 g/mol. The molecule has 0 radical (unpaired) electrons. The summed E-state index contributed by atoms with van der Waals surface area (Å²) in [5.41, 5.74) is -3.05. The van der Waals surface area contributed by atoms with Gasteiger partial charge in [0.2, 0.25) is 59.5 Å². The topological polar surface area (TPSA) is 541 Å². The van der Waals surface area contributed by atoms with Crippen molar-refractivity contribution < 1.29 is 47.7 Å². The molecule has 0 amide bonds. The second kappa shape index (κ2) is 44.1. The normalized spacial score (nSPS) is 19.7. The van der Waals surface area contributed by atoms with Gasteiger partial charge in [0.1, 0.15) is 31.1 Å². The monoisotopic (exact) mass is 1850 g/mol. The van der Waals surface area contributed by atoms with Crippen LogP contribution in [-0.2, 0) is 47.7 Å². The molecule has 0 aromatic carbocycles. The Kier molecular flexibility index (Phi) is 34.4. The van der Waals surface area contributed by atoms with Crippen molar-refractivity contribution in [3.63, 3.8) is 0 Å². The first-order valence-electron chi connectivity index (χ1n) is 46.2. The quantitative estimate of drug-likeness (QED) is 0.00988. The highest BCUT2D eigenvalue weighted by Crippen LogP contribution is 2.37. The number of nitrogens with one attached hydrogen (secondary N) is 12. The maximum absolute atomic E-state index is 13.4. The van der Waals surface area contributed by atoms with E-state index in [0.29, 0.717) is 64.2 Å². The minimum atomic E-state index is -0.735. The Hall–Kier alpha value is -11.4. The molecule has 5 aromatic rings. The zero-order chi connectivity index (χ0) is 97.1. The Bertz CT molecular complexity index is 4650. The summed E-state index contributed by atoms with van der Waals surface area (Å²) >= 11 is 0. The fourth-order valence-corrected chi connectivity index (χ4v) is 19.5. The number of hydrogen-bond acceptors (Lipinski definition) is 45. The van der Waals surface area contributed by atoms with Crippen molar-refractivity contribution in [2.45, 2.75) is 323 Å². The van der Waals surface area contributed by atoms with Gasteiger partial charge in [-0.25, -0.2) is 48.9 Å². The van der Waals surface area contributed by atoms with E-state index in [-0.39, 0.29) is 260 Å². The van der Waals surface area contributed by atoms with Crippen molar-refractivity contribution in [3.8, 4) is 0 Å². The second-order valence-corrected chi connectivity index (χ2v) is 40.9. The minimum absolute atomic E-state index is 0.00748. The van der Waals surface area contributed by atoms with Gasteiger partial charge in [0.25, 0.3) is 29.7 Å². The van der Waals surface area contributed by atoms with Gasteiger partial charge < -0.3 is 102 Å². The lowest BCUT2D eigenvalue weighted by molar-refractivity contribution is -0.135. The van der Waals surface area contributed by atoms with Gasteiger partial charge in [-0.05, 0) is 237 Å². The first-order chi connectivity index (χ1) is 62.3. The fraction of sp³-hybridized carbons (Fsp3) is 0.716. The predicted molar refractivity (Wildman–Crippen MR) is 516 cm³/mol. The third kappa shape index (κ3) is 34.2. The molecule has 730 valence electrons. The molecule has 133 heavy (non-hydrogen) atoms. The summed E-state index contributed by atoms with van der Waals surface area (Å²) in [5.74, 6) is -2.75. The Labute approximate surface area is 780 Å². The van der Waals surface area contributed by atoms with Crippen LogP contribution in [0.4, 0.5) is 89.2 Å². The van der Waals surface area contributed by atoms with E-state index in [0.717, 1.165) is 31.1 Å². The van der Waals surface area contributed by atoms with Gasteiger partial charge in [0.15, 0.2) is 0 Å². The molecule has 5 saturated heterocycles. The smallest absolute Gasteiger partial charge is 0.349 e. The van der Waals surface area contributed by atoms with Gasteiger partial charge in [-0.3, -0.25) is 0 Å². The molecule has 45 nitrogen and oxygen atoms in total.